The lowest BCUT2D eigenvalue weighted by molar-refractivity contribution is -0.169. The number of imide groups is 1. The van der Waals surface area contributed by atoms with Crippen LogP contribution < -0.4 is 11.1 Å². The third kappa shape index (κ3) is 3.36. The molecule has 0 spiro atoms. The molecule has 8 nitrogen and oxygen atoms in total. The molecule has 2 heterocycles. The molecule has 3 N–H and O–H groups in total. The van der Waals surface area contributed by atoms with Crippen LogP contribution in [-0.4, -0.2) is 28.9 Å². The number of carbonyl (C=O) groups excluding carboxylic acids is 4. The topological polar surface area (TPSA) is 119 Å². The first kappa shape index (κ1) is 16.7. The number of hydrogen-bond acceptors (Lipinski definition) is 6. The number of hydrogen-bond donors (Lipinski definition) is 2. The lowest BCUT2D eigenvalue weighted by atomic mass is 10.1. The van der Waals surface area contributed by atoms with E-state index < -0.39 is 29.9 Å². The van der Waals surface area contributed by atoms with Gasteiger partial charge >= 0.3 is 12.0 Å². The average Bonchev–Trinajstić information content (AvgIpc) is 3.18. The molecule has 0 saturated carbocycles. The molecule has 128 valence electrons. The van der Waals surface area contributed by atoms with Gasteiger partial charge in [0.2, 0.25) is 0 Å². The van der Waals surface area contributed by atoms with E-state index >= 15 is 0 Å². The average molecular weight is 359 g/mol. The van der Waals surface area contributed by atoms with Gasteiger partial charge in [-0.05, 0) is 23.6 Å². The molecular weight excluding hydrogens is 346 g/mol. The van der Waals surface area contributed by atoms with Crippen LogP contribution in [0.4, 0.5) is 4.79 Å². The number of amides is 4. The maximum absolute atomic E-state index is 12.2. The molecule has 0 fully saturated rings. The zero-order chi connectivity index (χ0) is 18.0. The summed E-state index contributed by atoms with van der Waals surface area (Å²) in [6, 6.07) is 8.15. The monoisotopic (exact) mass is 359 g/mol. The normalized spacial score (nSPS) is 14.2. The number of nitrogens with one attached hydrogen (secondary N) is 1. The third-order valence-electron chi connectivity index (χ3n) is 3.52. The van der Waals surface area contributed by atoms with Gasteiger partial charge in [-0.15, -0.1) is 11.3 Å². The molecule has 1 unspecified atom stereocenters. The van der Waals surface area contributed by atoms with E-state index in [-0.39, 0.29) is 17.5 Å². The molecule has 2 aromatic rings. The maximum atomic E-state index is 12.2. The molecule has 0 aliphatic carbocycles. The molecule has 0 bridgehead atoms. The van der Waals surface area contributed by atoms with Crippen molar-refractivity contribution in [1.82, 2.24) is 10.4 Å². The van der Waals surface area contributed by atoms with Crippen molar-refractivity contribution in [1.29, 1.82) is 0 Å². The fourth-order valence-corrected chi connectivity index (χ4v) is 3.22. The van der Waals surface area contributed by atoms with Gasteiger partial charge in [-0.25, -0.2) is 9.59 Å². The first-order valence-corrected chi connectivity index (χ1v) is 8.13. The number of nitrogens with zero attached hydrogens (tertiary/aromatic N) is 1. The summed E-state index contributed by atoms with van der Waals surface area (Å²) in [5, 5.41) is 4.65. The van der Waals surface area contributed by atoms with E-state index in [1.54, 1.807) is 29.6 Å². The van der Waals surface area contributed by atoms with E-state index in [4.69, 9.17) is 10.6 Å². The van der Waals surface area contributed by atoms with Crippen LogP contribution in [0.2, 0.25) is 0 Å². The fourth-order valence-electron chi connectivity index (χ4n) is 2.44. The lowest BCUT2D eigenvalue weighted by Gasteiger charge is -2.17. The molecule has 1 aromatic heterocycles. The van der Waals surface area contributed by atoms with Crippen molar-refractivity contribution in [2.75, 3.05) is 0 Å². The Hall–Kier alpha value is -3.20. The Morgan fingerprint density at radius 2 is 1.76 bits per heavy atom. The number of fused-ring (bicyclic) bond motifs is 1. The van der Waals surface area contributed by atoms with E-state index in [1.807, 2.05) is 0 Å². The van der Waals surface area contributed by atoms with Crippen molar-refractivity contribution in [3.63, 3.8) is 0 Å². The van der Waals surface area contributed by atoms with Gasteiger partial charge in [-0.1, -0.05) is 23.3 Å². The van der Waals surface area contributed by atoms with E-state index in [9.17, 15) is 19.2 Å². The Bertz CT molecular complexity index is 814. The summed E-state index contributed by atoms with van der Waals surface area (Å²) in [7, 11) is 0. The number of carbonyl (C=O) groups is 4. The van der Waals surface area contributed by atoms with Crippen LogP contribution >= 0.6 is 11.3 Å². The summed E-state index contributed by atoms with van der Waals surface area (Å²) < 4.78 is 0. The van der Waals surface area contributed by atoms with Gasteiger partial charge in [0.05, 0.1) is 23.6 Å². The van der Waals surface area contributed by atoms with Crippen LogP contribution in [0, 0.1) is 0 Å². The Morgan fingerprint density at radius 3 is 2.28 bits per heavy atom. The van der Waals surface area contributed by atoms with Crippen LogP contribution in [0.25, 0.3) is 0 Å². The molecule has 3 rings (SSSR count). The van der Waals surface area contributed by atoms with E-state index in [0.717, 1.165) is 0 Å². The Balaban J connectivity index is 1.71. The molecule has 0 saturated heterocycles. The quantitative estimate of drug-likeness (QED) is 0.786. The van der Waals surface area contributed by atoms with E-state index in [1.165, 1.54) is 23.5 Å². The summed E-state index contributed by atoms with van der Waals surface area (Å²) in [4.78, 5) is 53.3. The number of benzene rings is 1. The minimum atomic E-state index is -0.846. The van der Waals surface area contributed by atoms with Crippen LogP contribution in [-0.2, 0) is 9.63 Å². The number of nitrogens with two attached hydrogens (primary N) is 1. The van der Waals surface area contributed by atoms with Gasteiger partial charge in [-0.2, -0.15) is 0 Å². The Labute approximate surface area is 146 Å². The Kier molecular flexibility index (Phi) is 4.48. The predicted octanol–water partition coefficient (Wildman–Crippen LogP) is 1.60. The lowest BCUT2D eigenvalue weighted by Crippen LogP contribution is -2.37. The summed E-state index contributed by atoms with van der Waals surface area (Å²) in [5.41, 5.74) is 5.47. The molecule has 1 aliphatic heterocycles. The zero-order valence-corrected chi connectivity index (χ0v) is 13.6. The van der Waals surface area contributed by atoms with Crippen molar-refractivity contribution in [3.05, 3.63) is 57.8 Å². The summed E-state index contributed by atoms with van der Waals surface area (Å²) in [6.45, 7) is 0. The van der Waals surface area contributed by atoms with Crippen LogP contribution in [0.1, 0.15) is 38.1 Å². The van der Waals surface area contributed by atoms with Gasteiger partial charge in [0.15, 0.2) is 0 Å². The highest BCUT2D eigenvalue weighted by Gasteiger charge is 2.39. The summed E-state index contributed by atoms with van der Waals surface area (Å²) >= 11 is 1.32. The predicted molar refractivity (Wildman–Crippen MR) is 87.4 cm³/mol. The van der Waals surface area contributed by atoms with Gasteiger partial charge in [-0.3, -0.25) is 9.59 Å². The number of primary amides is 1. The third-order valence-corrected chi connectivity index (χ3v) is 4.51. The molecule has 9 heteroatoms. The van der Waals surface area contributed by atoms with Crippen molar-refractivity contribution >= 4 is 35.2 Å². The second kappa shape index (κ2) is 6.73. The first-order valence-electron chi connectivity index (χ1n) is 7.25. The van der Waals surface area contributed by atoms with Gasteiger partial charge in [0, 0.05) is 4.88 Å². The summed E-state index contributed by atoms with van der Waals surface area (Å²) in [6.07, 6.45) is -0.281. The number of urea groups is 1. The molecule has 1 aliphatic rings. The van der Waals surface area contributed by atoms with E-state index in [0.29, 0.717) is 9.94 Å². The SMILES string of the molecule is NC(=O)NC(CC(=O)ON1C(=O)c2ccccc2C1=O)c1cccs1. The summed E-state index contributed by atoms with van der Waals surface area (Å²) in [5.74, 6) is -2.25. The largest absolute Gasteiger partial charge is 0.352 e. The standard InChI is InChI=1S/C16H13N3O5S/c17-16(23)18-11(12-6-3-7-25-12)8-13(20)24-19-14(21)9-4-1-2-5-10(9)15(19)22/h1-7,11H,8H2,(H3,17,18,23). The highest BCUT2D eigenvalue weighted by Crippen LogP contribution is 2.25. The molecule has 1 aromatic carbocycles. The molecule has 1 atom stereocenters. The molecule has 0 radical (unpaired) electrons. The zero-order valence-electron chi connectivity index (χ0n) is 12.8. The van der Waals surface area contributed by atoms with Crippen molar-refractivity contribution in [2.24, 2.45) is 5.73 Å². The van der Waals surface area contributed by atoms with Crippen LogP contribution in [0.5, 0.6) is 0 Å². The van der Waals surface area contributed by atoms with Gasteiger partial charge in [0.25, 0.3) is 11.8 Å². The molecule has 25 heavy (non-hydrogen) atoms. The van der Waals surface area contributed by atoms with Crippen molar-refractivity contribution in [2.45, 2.75) is 12.5 Å². The number of rotatable bonds is 5. The Morgan fingerprint density at radius 1 is 1.12 bits per heavy atom. The smallest absolute Gasteiger partial charge is 0.335 e. The van der Waals surface area contributed by atoms with Crippen molar-refractivity contribution in [3.8, 4) is 0 Å². The minimum Gasteiger partial charge on any atom is -0.352 e. The first-order chi connectivity index (χ1) is 12.0. The maximum Gasteiger partial charge on any atom is 0.335 e. The van der Waals surface area contributed by atoms with E-state index in [2.05, 4.69) is 5.32 Å². The fraction of sp³-hybridized carbons (Fsp3) is 0.125. The second-order valence-electron chi connectivity index (χ2n) is 5.19. The van der Waals surface area contributed by atoms with Crippen LogP contribution in [0.15, 0.2) is 41.8 Å². The van der Waals surface area contributed by atoms with Gasteiger partial charge < -0.3 is 15.9 Å². The highest BCUT2D eigenvalue weighted by atomic mass is 32.1. The number of thiophene rings is 1. The van der Waals surface area contributed by atoms with Crippen molar-refractivity contribution < 1.29 is 24.0 Å². The number of hydroxylamine groups is 2. The minimum absolute atomic E-state index is 0.172. The highest BCUT2D eigenvalue weighted by molar-refractivity contribution is 7.10. The van der Waals surface area contributed by atoms with Gasteiger partial charge in [0.1, 0.15) is 0 Å². The second-order valence-corrected chi connectivity index (χ2v) is 6.17. The molecular formula is C16H13N3O5S. The molecule has 4 amide bonds. The van der Waals surface area contributed by atoms with Crippen LogP contribution in [0.3, 0.4) is 0 Å².